The summed E-state index contributed by atoms with van der Waals surface area (Å²) in [6.45, 7) is 0.454. The van der Waals surface area contributed by atoms with Crippen molar-refractivity contribution in [2.45, 2.75) is 13.0 Å². The van der Waals surface area contributed by atoms with Crippen LogP contribution < -0.4 is 10.3 Å². The zero-order chi connectivity index (χ0) is 14.4. The number of nitrogens with zero attached hydrogens (tertiary/aromatic N) is 2. The van der Waals surface area contributed by atoms with Gasteiger partial charge in [-0.2, -0.15) is 0 Å². The molecule has 0 amide bonds. The molecule has 0 aliphatic rings. The molecule has 0 aromatic carbocycles. The van der Waals surface area contributed by atoms with Crippen LogP contribution in [0.2, 0.25) is 0 Å². The summed E-state index contributed by atoms with van der Waals surface area (Å²) in [7, 11) is 1.51. The van der Waals surface area contributed by atoms with Crippen LogP contribution in [-0.2, 0) is 6.54 Å². The first-order chi connectivity index (χ1) is 9.72. The largest absolute Gasteiger partial charge is 0.480 e. The molecular formula is C14H14N2O3S. The average molecular weight is 290 g/mol. The third kappa shape index (κ3) is 3.70. The lowest BCUT2D eigenvalue weighted by Gasteiger charge is -2.04. The van der Waals surface area contributed by atoms with E-state index < -0.39 is 0 Å². The van der Waals surface area contributed by atoms with E-state index in [0.717, 1.165) is 10.4 Å². The number of ether oxygens (including phenoxy) is 1. The molecule has 0 atom stereocenters. The molecule has 0 spiro atoms. The summed E-state index contributed by atoms with van der Waals surface area (Å²) in [6, 6.07) is 4.89. The third-order valence-electron chi connectivity index (χ3n) is 2.48. The van der Waals surface area contributed by atoms with Crippen LogP contribution in [0.5, 0.6) is 5.88 Å². The summed E-state index contributed by atoms with van der Waals surface area (Å²) in [5, 5.41) is 14.7. The van der Waals surface area contributed by atoms with Crippen molar-refractivity contribution < 1.29 is 9.84 Å². The summed E-state index contributed by atoms with van der Waals surface area (Å²) in [5.41, 5.74) is 0.710. The number of methoxy groups -OCH3 is 1. The van der Waals surface area contributed by atoms with Crippen molar-refractivity contribution in [1.29, 1.82) is 0 Å². The second-order valence-corrected chi connectivity index (χ2v) is 4.94. The number of hydrogen-bond acceptors (Lipinski definition) is 5. The maximum Gasteiger partial charge on any atom is 0.267 e. The molecule has 5 nitrogen and oxygen atoms in total. The summed E-state index contributed by atoms with van der Waals surface area (Å²) in [6.07, 6.45) is 0.460. The normalized spacial score (nSPS) is 9.90. The van der Waals surface area contributed by atoms with Gasteiger partial charge in [0.15, 0.2) is 0 Å². The van der Waals surface area contributed by atoms with Crippen molar-refractivity contribution in [2.75, 3.05) is 13.7 Å². The smallest absolute Gasteiger partial charge is 0.267 e. The Labute approximate surface area is 120 Å². The van der Waals surface area contributed by atoms with E-state index in [1.165, 1.54) is 29.2 Å². The third-order valence-corrected chi connectivity index (χ3v) is 3.40. The first kappa shape index (κ1) is 14.3. The second kappa shape index (κ2) is 6.89. The zero-order valence-corrected chi connectivity index (χ0v) is 11.8. The molecule has 2 heterocycles. The average Bonchev–Trinajstić information content (AvgIpc) is 2.89. The molecule has 0 aliphatic carbocycles. The molecular weight excluding hydrogens is 276 g/mol. The molecule has 2 rings (SSSR count). The van der Waals surface area contributed by atoms with Crippen LogP contribution in [0.15, 0.2) is 28.4 Å². The fraction of sp³-hybridized carbons (Fsp3) is 0.286. The first-order valence-electron chi connectivity index (χ1n) is 6.02. The predicted molar refractivity (Wildman–Crippen MR) is 77.1 cm³/mol. The monoisotopic (exact) mass is 290 g/mol. The van der Waals surface area contributed by atoms with Gasteiger partial charge < -0.3 is 9.84 Å². The maximum absolute atomic E-state index is 11.7. The topological polar surface area (TPSA) is 64.3 Å². The number of aromatic nitrogens is 2. The lowest BCUT2D eigenvalue weighted by molar-refractivity contribution is 0.305. The molecule has 2 aromatic heterocycles. The first-order valence-corrected chi connectivity index (χ1v) is 6.90. The van der Waals surface area contributed by atoms with Gasteiger partial charge in [0.1, 0.15) is 0 Å². The van der Waals surface area contributed by atoms with Gasteiger partial charge in [0.2, 0.25) is 5.88 Å². The highest BCUT2D eigenvalue weighted by molar-refractivity contribution is 7.10. The molecule has 0 unspecified atom stereocenters. The summed E-state index contributed by atoms with van der Waals surface area (Å²) < 4.78 is 6.36. The van der Waals surface area contributed by atoms with Gasteiger partial charge in [-0.1, -0.05) is 11.8 Å². The molecule has 0 radical (unpaired) electrons. The Morgan fingerprint density at radius 1 is 1.50 bits per heavy atom. The van der Waals surface area contributed by atoms with Crippen molar-refractivity contribution in [3.8, 4) is 17.7 Å². The highest BCUT2D eigenvalue weighted by Crippen LogP contribution is 2.14. The Balaban J connectivity index is 2.15. The van der Waals surface area contributed by atoms with E-state index in [1.807, 2.05) is 11.4 Å². The maximum atomic E-state index is 11.7. The molecule has 20 heavy (non-hydrogen) atoms. The van der Waals surface area contributed by atoms with Crippen molar-refractivity contribution in [2.24, 2.45) is 0 Å². The minimum absolute atomic E-state index is 0.0626. The van der Waals surface area contributed by atoms with Gasteiger partial charge in [-0.05, 0) is 6.07 Å². The Hall–Kier alpha value is -2.10. The lowest BCUT2D eigenvalue weighted by atomic mass is 10.3. The summed E-state index contributed by atoms with van der Waals surface area (Å²) in [4.78, 5) is 12.7. The summed E-state index contributed by atoms with van der Waals surface area (Å²) >= 11 is 1.52. The van der Waals surface area contributed by atoms with Crippen LogP contribution in [0.3, 0.4) is 0 Å². The van der Waals surface area contributed by atoms with E-state index >= 15 is 0 Å². The molecule has 0 saturated carbocycles. The molecule has 0 bridgehead atoms. The lowest BCUT2D eigenvalue weighted by Crippen LogP contribution is -2.22. The fourth-order valence-corrected chi connectivity index (χ4v) is 2.35. The van der Waals surface area contributed by atoms with Gasteiger partial charge in [-0.25, -0.2) is 4.68 Å². The number of hydrogen-bond donors (Lipinski definition) is 1. The van der Waals surface area contributed by atoms with E-state index in [9.17, 15) is 4.79 Å². The van der Waals surface area contributed by atoms with Gasteiger partial charge in [-0.3, -0.25) is 4.79 Å². The minimum Gasteiger partial charge on any atom is -0.480 e. The van der Waals surface area contributed by atoms with E-state index in [0.29, 0.717) is 18.8 Å². The molecule has 0 fully saturated rings. The highest BCUT2D eigenvalue weighted by Gasteiger charge is 2.04. The molecule has 1 N–H and O–H groups in total. The van der Waals surface area contributed by atoms with Crippen LogP contribution in [0, 0.1) is 11.8 Å². The SMILES string of the molecule is COc1ccc(=O)n(Cc2cc(C#CCCO)cs2)n1. The predicted octanol–water partition coefficient (Wildman–Crippen LogP) is 1.10. The van der Waals surface area contributed by atoms with E-state index in [-0.39, 0.29) is 12.2 Å². The number of aliphatic hydroxyl groups is 1. The zero-order valence-electron chi connectivity index (χ0n) is 11.0. The number of aliphatic hydroxyl groups excluding tert-OH is 1. The van der Waals surface area contributed by atoms with Gasteiger partial charge in [0, 0.05) is 34.4 Å². The quantitative estimate of drug-likeness (QED) is 0.856. The molecule has 104 valence electrons. The standard InChI is InChI=1S/C14H14N2O3S/c1-19-13-5-6-14(18)16(15-13)9-12-8-11(10-20-12)4-2-3-7-17/h5-6,8,10,17H,3,7,9H2,1H3. The Bertz CT molecular complexity index is 694. The van der Waals surface area contributed by atoms with Gasteiger partial charge in [0.25, 0.3) is 5.56 Å². The van der Waals surface area contributed by atoms with Crippen LogP contribution in [0.4, 0.5) is 0 Å². The minimum atomic E-state index is -0.174. The fourth-order valence-electron chi connectivity index (χ4n) is 1.55. The van der Waals surface area contributed by atoms with Gasteiger partial charge in [-0.15, -0.1) is 16.4 Å². The number of rotatable bonds is 4. The van der Waals surface area contributed by atoms with Crippen molar-refractivity contribution in [3.63, 3.8) is 0 Å². The molecule has 6 heteroatoms. The van der Waals surface area contributed by atoms with Gasteiger partial charge >= 0.3 is 0 Å². The Kier molecular flexibility index (Phi) is 4.93. The van der Waals surface area contributed by atoms with Crippen molar-refractivity contribution >= 4 is 11.3 Å². The van der Waals surface area contributed by atoms with Crippen LogP contribution in [0.25, 0.3) is 0 Å². The van der Waals surface area contributed by atoms with Crippen molar-refractivity contribution in [3.05, 3.63) is 44.4 Å². The highest BCUT2D eigenvalue weighted by atomic mass is 32.1. The van der Waals surface area contributed by atoms with E-state index in [4.69, 9.17) is 9.84 Å². The number of thiophene rings is 1. The second-order valence-electron chi connectivity index (χ2n) is 3.95. The van der Waals surface area contributed by atoms with Gasteiger partial charge in [0.05, 0.1) is 20.3 Å². The van der Waals surface area contributed by atoms with Crippen LogP contribution >= 0.6 is 11.3 Å². The van der Waals surface area contributed by atoms with E-state index in [1.54, 1.807) is 6.07 Å². The Morgan fingerprint density at radius 2 is 2.35 bits per heavy atom. The molecule has 0 saturated heterocycles. The molecule has 0 aliphatic heterocycles. The van der Waals surface area contributed by atoms with E-state index in [2.05, 4.69) is 16.9 Å². The van der Waals surface area contributed by atoms with Crippen LogP contribution in [-0.4, -0.2) is 28.6 Å². The van der Waals surface area contributed by atoms with Crippen LogP contribution in [0.1, 0.15) is 16.9 Å². The van der Waals surface area contributed by atoms with Crippen molar-refractivity contribution in [1.82, 2.24) is 9.78 Å². The molecule has 2 aromatic rings. The Morgan fingerprint density at radius 3 is 3.10 bits per heavy atom. The summed E-state index contributed by atoms with van der Waals surface area (Å²) in [5.74, 6) is 6.22.